The van der Waals surface area contributed by atoms with Gasteiger partial charge in [-0.25, -0.2) is 0 Å². The van der Waals surface area contributed by atoms with E-state index < -0.39 is 0 Å². The lowest BCUT2D eigenvalue weighted by atomic mass is 10.2. The van der Waals surface area contributed by atoms with Crippen molar-refractivity contribution in [1.29, 1.82) is 0 Å². The van der Waals surface area contributed by atoms with Gasteiger partial charge >= 0.3 is 0 Å². The van der Waals surface area contributed by atoms with E-state index in [9.17, 15) is 4.79 Å². The second-order valence-electron chi connectivity index (χ2n) is 6.63. The number of ether oxygens (including phenoxy) is 2. The molecular formula is C23H22ClIN2O3. The Morgan fingerprint density at radius 2 is 1.83 bits per heavy atom. The Morgan fingerprint density at radius 3 is 2.53 bits per heavy atom. The normalized spacial score (nSPS) is 10.4. The fraction of sp³-hybridized carbons (Fsp3) is 0.174. The van der Waals surface area contributed by atoms with Crippen molar-refractivity contribution in [3.63, 3.8) is 0 Å². The van der Waals surface area contributed by atoms with Gasteiger partial charge in [-0.1, -0.05) is 35.9 Å². The molecule has 0 aliphatic rings. The van der Waals surface area contributed by atoms with Crippen LogP contribution in [0.15, 0.2) is 60.7 Å². The highest BCUT2D eigenvalue weighted by atomic mass is 127. The molecule has 2 N–H and O–H groups in total. The molecule has 0 heterocycles. The third kappa shape index (κ3) is 6.03. The monoisotopic (exact) mass is 536 g/mol. The molecule has 3 aromatic rings. The molecule has 0 atom stereocenters. The van der Waals surface area contributed by atoms with Crippen molar-refractivity contribution in [2.75, 3.05) is 24.4 Å². The molecule has 0 saturated carbocycles. The van der Waals surface area contributed by atoms with Gasteiger partial charge in [-0.2, -0.15) is 0 Å². The van der Waals surface area contributed by atoms with E-state index in [2.05, 4.69) is 33.2 Å². The molecule has 3 rings (SSSR count). The number of halogens is 2. The topological polar surface area (TPSA) is 59.6 Å². The smallest absolute Gasteiger partial charge is 0.262 e. The van der Waals surface area contributed by atoms with Gasteiger partial charge in [0.2, 0.25) is 0 Å². The van der Waals surface area contributed by atoms with E-state index in [1.165, 1.54) is 0 Å². The Bertz CT molecular complexity index is 1030. The molecule has 156 valence electrons. The second-order valence-corrected chi connectivity index (χ2v) is 8.20. The molecule has 1 amide bonds. The van der Waals surface area contributed by atoms with E-state index >= 15 is 0 Å². The number of benzene rings is 3. The maximum Gasteiger partial charge on any atom is 0.262 e. The maximum atomic E-state index is 12.2. The number of hydrogen-bond acceptors (Lipinski definition) is 4. The average Bonchev–Trinajstić information content (AvgIpc) is 2.74. The summed E-state index contributed by atoms with van der Waals surface area (Å²) >= 11 is 8.37. The highest BCUT2D eigenvalue weighted by Crippen LogP contribution is 2.34. The van der Waals surface area contributed by atoms with Crippen molar-refractivity contribution in [3.8, 4) is 11.5 Å². The SMILES string of the molecule is COc1cc(CNc2ccc(C)c(Cl)c2)cc(I)c1OCC(=O)Nc1ccccc1. The number of rotatable bonds is 8. The van der Waals surface area contributed by atoms with Crippen LogP contribution >= 0.6 is 34.2 Å². The van der Waals surface area contributed by atoms with Crippen molar-refractivity contribution in [2.24, 2.45) is 0 Å². The van der Waals surface area contributed by atoms with Crippen molar-refractivity contribution in [3.05, 3.63) is 80.4 Å². The summed E-state index contributed by atoms with van der Waals surface area (Å²) in [6.07, 6.45) is 0. The molecule has 30 heavy (non-hydrogen) atoms. The minimum atomic E-state index is -0.235. The molecule has 0 aliphatic heterocycles. The van der Waals surface area contributed by atoms with Crippen LogP contribution in [0.4, 0.5) is 11.4 Å². The van der Waals surface area contributed by atoms with Crippen LogP contribution in [0.3, 0.4) is 0 Å². The predicted octanol–water partition coefficient (Wildman–Crippen LogP) is 5.89. The van der Waals surface area contributed by atoms with Gasteiger partial charge in [0.15, 0.2) is 18.1 Å². The van der Waals surface area contributed by atoms with E-state index in [4.69, 9.17) is 21.1 Å². The first-order valence-electron chi connectivity index (χ1n) is 9.30. The highest BCUT2D eigenvalue weighted by Gasteiger charge is 2.14. The van der Waals surface area contributed by atoms with Crippen LogP contribution in [-0.2, 0) is 11.3 Å². The fourth-order valence-corrected chi connectivity index (χ4v) is 3.78. The quantitative estimate of drug-likeness (QED) is 0.353. The van der Waals surface area contributed by atoms with Crippen LogP contribution in [0.2, 0.25) is 5.02 Å². The van der Waals surface area contributed by atoms with E-state index in [0.29, 0.717) is 18.0 Å². The average molecular weight is 537 g/mol. The van der Waals surface area contributed by atoms with Crippen LogP contribution in [0.25, 0.3) is 0 Å². The number of carbonyl (C=O) groups is 1. The molecule has 5 nitrogen and oxygen atoms in total. The molecule has 3 aromatic carbocycles. The molecule has 0 unspecified atom stereocenters. The molecule has 7 heteroatoms. The summed E-state index contributed by atoms with van der Waals surface area (Å²) in [4.78, 5) is 12.2. The molecular weight excluding hydrogens is 515 g/mol. The second kappa shape index (κ2) is 10.5. The molecule has 0 aromatic heterocycles. The van der Waals surface area contributed by atoms with Gasteiger partial charge < -0.3 is 20.1 Å². The third-order valence-corrected chi connectivity index (χ3v) is 5.57. The minimum absolute atomic E-state index is 0.110. The lowest BCUT2D eigenvalue weighted by Gasteiger charge is -2.15. The number of carbonyl (C=O) groups excluding carboxylic acids is 1. The Kier molecular flexibility index (Phi) is 7.81. The van der Waals surface area contributed by atoms with E-state index in [1.807, 2.05) is 67.6 Å². The summed E-state index contributed by atoms with van der Waals surface area (Å²) in [5.74, 6) is 0.887. The molecule has 0 spiro atoms. The van der Waals surface area contributed by atoms with Crippen LogP contribution < -0.4 is 20.1 Å². The van der Waals surface area contributed by atoms with Crippen LogP contribution in [0.5, 0.6) is 11.5 Å². The largest absolute Gasteiger partial charge is 0.493 e. The van der Waals surface area contributed by atoms with Gasteiger partial charge in [-0.05, 0) is 77.0 Å². The highest BCUT2D eigenvalue weighted by molar-refractivity contribution is 14.1. The van der Waals surface area contributed by atoms with Crippen molar-refractivity contribution >= 4 is 51.5 Å². The first-order chi connectivity index (χ1) is 14.5. The Labute approximate surface area is 194 Å². The zero-order chi connectivity index (χ0) is 21.5. The summed E-state index contributed by atoms with van der Waals surface area (Å²) in [6, 6.07) is 19.0. The first-order valence-corrected chi connectivity index (χ1v) is 10.8. The van der Waals surface area contributed by atoms with Crippen molar-refractivity contribution < 1.29 is 14.3 Å². The standard InChI is InChI=1S/C23H22ClIN2O3/c1-15-8-9-18(12-19(15)24)26-13-16-10-20(25)23(21(11-16)29-2)30-14-22(28)27-17-6-4-3-5-7-17/h3-12,26H,13-14H2,1-2H3,(H,27,28). The number of para-hydroxylation sites is 1. The number of amides is 1. The van der Waals surface area contributed by atoms with E-state index in [0.717, 1.165) is 31.1 Å². The van der Waals surface area contributed by atoms with Crippen molar-refractivity contribution in [2.45, 2.75) is 13.5 Å². The molecule has 0 saturated heterocycles. The van der Waals surface area contributed by atoms with Crippen LogP contribution in [0, 0.1) is 10.5 Å². The van der Waals surface area contributed by atoms with Crippen LogP contribution in [0.1, 0.15) is 11.1 Å². The number of methoxy groups -OCH3 is 1. The van der Waals surface area contributed by atoms with E-state index in [1.54, 1.807) is 7.11 Å². The lowest BCUT2D eigenvalue weighted by molar-refractivity contribution is -0.118. The number of hydrogen-bond donors (Lipinski definition) is 2. The van der Waals surface area contributed by atoms with Gasteiger partial charge in [0, 0.05) is 22.9 Å². The molecule has 0 fully saturated rings. The molecule has 0 aliphatic carbocycles. The fourth-order valence-electron chi connectivity index (χ4n) is 2.78. The third-order valence-electron chi connectivity index (χ3n) is 4.36. The van der Waals surface area contributed by atoms with Gasteiger partial charge in [0.05, 0.1) is 10.7 Å². The van der Waals surface area contributed by atoms with Gasteiger partial charge in [0.25, 0.3) is 5.91 Å². The summed E-state index contributed by atoms with van der Waals surface area (Å²) in [7, 11) is 1.58. The maximum absolute atomic E-state index is 12.2. The van der Waals surface area contributed by atoms with Gasteiger partial charge in [-0.15, -0.1) is 0 Å². The van der Waals surface area contributed by atoms with Gasteiger partial charge in [-0.3, -0.25) is 4.79 Å². The number of anilines is 2. The van der Waals surface area contributed by atoms with Crippen LogP contribution in [-0.4, -0.2) is 19.6 Å². The number of nitrogens with one attached hydrogen (secondary N) is 2. The summed E-state index contributed by atoms with van der Waals surface area (Å²) in [6.45, 7) is 2.46. The zero-order valence-corrected chi connectivity index (χ0v) is 19.6. The van der Waals surface area contributed by atoms with Crippen molar-refractivity contribution in [1.82, 2.24) is 0 Å². The summed E-state index contributed by atoms with van der Waals surface area (Å²) in [5.41, 5.74) is 3.73. The summed E-state index contributed by atoms with van der Waals surface area (Å²) in [5, 5.41) is 6.88. The zero-order valence-electron chi connectivity index (χ0n) is 16.7. The predicted molar refractivity (Wildman–Crippen MR) is 130 cm³/mol. The Hall–Kier alpha value is -2.45. The lowest BCUT2D eigenvalue weighted by Crippen LogP contribution is -2.20. The Morgan fingerprint density at radius 1 is 1.07 bits per heavy atom. The first kappa shape index (κ1) is 22.2. The molecule has 0 radical (unpaired) electrons. The number of aryl methyl sites for hydroxylation is 1. The Balaban J connectivity index is 1.64. The summed E-state index contributed by atoms with van der Waals surface area (Å²) < 4.78 is 12.1. The van der Waals surface area contributed by atoms with E-state index in [-0.39, 0.29) is 12.5 Å². The molecule has 0 bridgehead atoms. The van der Waals surface area contributed by atoms with Gasteiger partial charge in [0.1, 0.15) is 0 Å². The minimum Gasteiger partial charge on any atom is -0.493 e.